The molecule has 0 unspecified atom stereocenters. The Kier molecular flexibility index (Phi) is 4.85. The number of hydrogen-bond acceptors (Lipinski definition) is 5. The minimum Gasteiger partial charge on any atom is -0.451 e. The SMILES string of the molecule is O=C(c1oc2ccccc2c1CSC1=NCCS1)N1CCCCC1. The summed E-state index contributed by atoms with van der Waals surface area (Å²) in [4.78, 5) is 19.4. The lowest BCUT2D eigenvalue weighted by Gasteiger charge is -2.26. The molecule has 0 atom stereocenters. The van der Waals surface area contributed by atoms with Gasteiger partial charge in [-0.05, 0) is 25.3 Å². The third-order valence-electron chi connectivity index (χ3n) is 4.43. The zero-order chi connectivity index (χ0) is 16.4. The van der Waals surface area contributed by atoms with Crippen LogP contribution in [-0.4, -0.2) is 40.6 Å². The first-order chi connectivity index (χ1) is 11.8. The fraction of sp³-hybridized carbons (Fsp3) is 0.444. The van der Waals surface area contributed by atoms with Gasteiger partial charge in [0.2, 0.25) is 0 Å². The van der Waals surface area contributed by atoms with Crippen molar-refractivity contribution < 1.29 is 9.21 Å². The minimum absolute atomic E-state index is 0.0440. The number of para-hydroxylation sites is 1. The highest BCUT2D eigenvalue weighted by Crippen LogP contribution is 2.33. The van der Waals surface area contributed by atoms with E-state index in [-0.39, 0.29) is 5.91 Å². The number of aliphatic imine (C=N–C) groups is 1. The van der Waals surface area contributed by atoms with Crippen molar-refractivity contribution in [2.75, 3.05) is 25.4 Å². The summed E-state index contributed by atoms with van der Waals surface area (Å²) in [6, 6.07) is 7.95. The van der Waals surface area contributed by atoms with E-state index in [0.29, 0.717) is 5.76 Å². The summed E-state index contributed by atoms with van der Waals surface area (Å²) in [5, 5.41) is 1.05. The normalized spacial score (nSPS) is 18.2. The quantitative estimate of drug-likeness (QED) is 0.814. The van der Waals surface area contributed by atoms with Crippen molar-refractivity contribution in [3.63, 3.8) is 0 Å². The molecule has 0 bridgehead atoms. The largest absolute Gasteiger partial charge is 0.451 e. The number of carbonyl (C=O) groups excluding carboxylic acids is 1. The number of furan rings is 1. The fourth-order valence-electron chi connectivity index (χ4n) is 3.19. The molecule has 1 saturated heterocycles. The average molecular weight is 361 g/mol. The number of carbonyl (C=O) groups is 1. The van der Waals surface area contributed by atoms with Crippen LogP contribution in [0.4, 0.5) is 0 Å². The fourth-order valence-corrected chi connectivity index (χ4v) is 5.23. The molecule has 0 spiro atoms. The molecule has 24 heavy (non-hydrogen) atoms. The molecule has 1 fully saturated rings. The molecule has 3 heterocycles. The Hall–Kier alpha value is -1.40. The monoisotopic (exact) mass is 360 g/mol. The highest BCUT2D eigenvalue weighted by molar-refractivity contribution is 8.38. The summed E-state index contributed by atoms with van der Waals surface area (Å²) in [6.07, 6.45) is 3.39. The summed E-state index contributed by atoms with van der Waals surface area (Å²) in [5.41, 5.74) is 1.82. The predicted octanol–water partition coefficient (Wildman–Crippen LogP) is 4.39. The van der Waals surface area contributed by atoms with E-state index >= 15 is 0 Å². The summed E-state index contributed by atoms with van der Waals surface area (Å²) in [6.45, 7) is 2.58. The third-order valence-corrected chi connectivity index (χ3v) is 6.71. The molecule has 1 amide bonds. The van der Waals surface area contributed by atoms with Crippen LogP contribution in [0.3, 0.4) is 0 Å². The predicted molar refractivity (Wildman–Crippen MR) is 102 cm³/mol. The summed E-state index contributed by atoms with van der Waals surface area (Å²) in [7, 11) is 0. The van der Waals surface area contributed by atoms with Crippen LogP contribution in [-0.2, 0) is 5.75 Å². The Morgan fingerprint density at radius 1 is 1.25 bits per heavy atom. The molecule has 1 aromatic carbocycles. The number of fused-ring (bicyclic) bond motifs is 1. The lowest BCUT2D eigenvalue weighted by atomic mass is 10.1. The van der Waals surface area contributed by atoms with Crippen molar-refractivity contribution in [2.45, 2.75) is 25.0 Å². The zero-order valence-corrected chi connectivity index (χ0v) is 15.1. The first-order valence-corrected chi connectivity index (χ1v) is 10.4. The zero-order valence-electron chi connectivity index (χ0n) is 13.5. The van der Waals surface area contributed by atoms with Crippen molar-refractivity contribution in [1.82, 2.24) is 4.90 Å². The number of piperidine rings is 1. The lowest BCUT2D eigenvalue weighted by Crippen LogP contribution is -2.35. The van der Waals surface area contributed by atoms with Gasteiger partial charge in [-0.15, -0.1) is 0 Å². The van der Waals surface area contributed by atoms with Gasteiger partial charge in [-0.1, -0.05) is 41.7 Å². The van der Waals surface area contributed by atoms with Crippen LogP contribution in [0.15, 0.2) is 33.7 Å². The van der Waals surface area contributed by atoms with E-state index in [2.05, 4.69) is 4.99 Å². The van der Waals surface area contributed by atoms with Crippen molar-refractivity contribution in [1.29, 1.82) is 0 Å². The molecule has 2 aliphatic heterocycles. The van der Waals surface area contributed by atoms with Crippen molar-refractivity contribution in [2.24, 2.45) is 4.99 Å². The van der Waals surface area contributed by atoms with Gasteiger partial charge in [0.25, 0.3) is 5.91 Å². The molecule has 2 aromatic rings. The maximum atomic E-state index is 13.0. The molecule has 2 aliphatic rings. The highest BCUT2D eigenvalue weighted by Gasteiger charge is 2.26. The van der Waals surface area contributed by atoms with Crippen LogP contribution in [0.1, 0.15) is 35.4 Å². The molecule has 0 saturated carbocycles. The number of rotatable bonds is 3. The molecule has 0 radical (unpaired) electrons. The number of likely N-dealkylation sites (tertiary alicyclic amines) is 1. The molecule has 0 aliphatic carbocycles. The van der Waals surface area contributed by atoms with Gasteiger partial charge in [0, 0.05) is 35.5 Å². The van der Waals surface area contributed by atoms with Gasteiger partial charge in [-0.25, -0.2) is 0 Å². The van der Waals surface area contributed by atoms with Crippen LogP contribution < -0.4 is 0 Å². The van der Waals surface area contributed by atoms with Crippen LogP contribution >= 0.6 is 23.5 Å². The third kappa shape index (κ3) is 3.22. The van der Waals surface area contributed by atoms with Gasteiger partial charge in [0.1, 0.15) is 9.96 Å². The Balaban J connectivity index is 1.65. The minimum atomic E-state index is 0.0440. The lowest BCUT2D eigenvalue weighted by molar-refractivity contribution is 0.0693. The second-order valence-corrected chi connectivity index (χ2v) is 8.35. The molecule has 4 nitrogen and oxygen atoms in total. The number of amides is 1. The molecular weight excluding hydrogens is 340 g/mol. The Labute approximate surface area is 150 Å². The average Bonchev–Trinajstić information content (AvgIpc) is 3.27. The molecule has 1 aromatic heterocycles. The number of hydrogen-bond donors (Lipinski definition) is 0. The topological polar surface area (TPSA) is 45.8 Å². The summed E-state index contributed by atoms with van der Waals surface area (Å²) in [5.74, 6) is 2.36. The first-order valence-electron chi connectivity index (χ1n) is 8.42. The van der Waals surface area contributed by atoms with Crippen LogP contribution in [0, 0.1) is 0 Å². The van der Waals surface area contributed by atoms with E-state index in [1.165, 1.54) is 6.42 Å². The first kappa shape index (κ1) is 16.1. The van der Waals surface area contributed by atoms with Gasteiger partial charge in [-0.3, -0.25) is 9.79 Å². The molecule has 6 heteroatoms. The van der Waals surface area contributed by atoms with Crippen molar-refractivity contribution in [3.8, 4) is 0 Å². The standard InChI is InChI=1S/C18H20N2O2S2/c21-17(20-9-4-1-5-10-20)16-14(12-24-18-19-8-11-23-18)13-6-2-3-7-15(13)22-16/h2-3,6-7H,1,4-5,8-12H2. The van der Waals surface area contributed by atoms with Gasteiger partial charge < -0.3 is 9.32 Å². The number of nitrogens with zero attached hydrogens (tertiary/aromatic N) is 2. The van der Waals surface area contributed by atoms with Crippen molar-refractivity contribution >= 4 is 44.8 Å². The maximum absolute atomic E-state index is 13.0. The van der Waals surface area contributed by atoms with Crippen LogP contribution in [0.2, 0.25) is 0 Å². The maximum Gasteiger partial charge on any atom is 0.289 e. The summed E-state index contributed by atoms with van der Waals surface area (Å²) < 4.78 is 7.10. The van der Waals surface area contributed by atoms with Crippen molar-refractivity contribution in [3.05, 3.63) is 35.6 Å². The molecule has 0 N–H and O–H groups in total. The van der Waals surface area contributed by atoms with E-state index < -0.39 is 0 Å². The Morgan fingerprint density at radius 2 is 2.08 bits per heavy atom. The van der Waals surface area contributed by atoms with E-state index in [1.54, 1.807) is 23.5 Å². The summed E-state index contributed by atoms with van der Waals surface area (Å²) >= 11 is 3.52. The molecule has 126 valence electrons. The smallest absolute Gasteiger partial charge is 0.289 e. The van der Waals surface area contributed by atoms with E-state index in [1.807, 2.05) is 29.2 Å². The Bertz CT molecular complexity index is 778. The van der Waals surface area contributed by atoms with E-state index in [4.69, 9.17) is 4.42 Å². The van der Waals surface area contributed by atoms with Gasteiger partial charge >= 0.3 is 0 Å². The van der Waals surface area contributed by atoms with Gasteiger partial charge in [0.05, 0.1) is 6.54 Å². The van der Waals surface area contributed by atoms with E-state index in [9.17, 15) is 4.79 Å². The van der Waals surface area contributed by atoms with Gasteiger partial charge in [0.15, 0.2) is 5.76 Å². The van der Waals surface area contributed by atoms with Crippen LogP contribution in [0.5, 0.6) is 0 Å². The van der Waals surface area contributed by atoms with Gasteiger partial charge in [-0.2, -0.15) is 0 Å². The highest BCUT2D eigenvalue weighted by atomic mass is 32.2. The molecular formula is C18H20N2O2S2. The van der Waals surface area contributed by atoms with E-state index in [0.717, 1.165) is 64.9 Å². The second-order valence-electron chi connectivity index (χ2n) is 6.04. The number of thioether (sulfide) groups is 2. The van der Waals surface area contributed by atoms with Crippen LogP contribution in [0.25, 0.3) is 11.0 Å². The Morgan fingerprint density at radius 3 is 2.88 bits per heavy atom. The number of benzene rings is 1. The molecule has 4 rings (SSSR count). The second kappa shape index (κ2) is 7.23.